The average Bonchev–Trinajstić information content (AvgIpc) is 2.46. The van der Waals surface area contributed by atoms with Crippen molar-refractivity contribution in [2.75, 3.05) is 18.9 Å². The van der Waals surface area contributed by atoms with Gasteiger partial charge in [-0.25, -0.2) is 4.98 Å². The quantitative estimate of drug-likeness (QED) is 0.696. The van der Waals surface area contributed by atoms with E-state index in [9.17, 15) is 9.59 Å². The van der Waals surface area contributed by atoms with Crippen LogP contribution in [0.15, 0.2) is 16.7 Å². The van der Waals surface area contributed by atoms with E-state index < -0.39 is 0 Å². The summed E-state index contributed by atoms with van der Waals surface area (Å²) in [4.78, 5) is 27.8. The molecule has 0 aliphatic carbocycles. The molecule has 116 valence electrons. The van der Waals surface area contributed by atoms with Crippen LogP contribution in [0.2, 0.25) is 0 Å². The maximum absolute atomic E-state index is 12.1. The van der Waals surface area contributed by atoms with Crippen LogP contribution in [0.1, 0.15) is 37.0 Å². The molecule has 1 aromatic heterocycles. The average molecular weight is 357 g/mol. The first kappa shape index (κ1) is 17.4. The molecule has 1 atom stereocenters. The third-order valence-corrected chi connectivity index (χ3v) is 3.43. The van der Waals surface area contributed by atoms with Crippen LogP contribution in [-0.2, 0) is 4.79 Å². The molecule has 1 rings (SSSR count). The second-order valence-corrected chi connectivity index (χ2v) is 5.60. The number of rotatable bonds is 7. The lowest BCUT2D eigenvalue weighted by molar-refractivity contribution is -0.121. The molecule has 2 amide bonds. The Morgan fingerprint density at radius 2 is 2.14 bits per heavy atom. The number of carbonyl (C=O) groups is 2. The summed E-state index contributed by atoms with van der Waals surface area (Å²) in [6.07, 6.45) is 2.75. The molecule has 0 radical (unpaired) electrons. The van der Waals surface area contributed by atoms with Crippen molar-refractivity contribution in [1.82, 2.24) is 15.6 Å². The highest BCUT2D eigenvalue weighted by atomic mass is 79.9. The number of halogens is 1. The highest BCUT2D eigenvalue weighted by Crippen LogP contribution is 2.17. The van der Waals surface area contributed by atoms with Gasteiger partial charge in [0.25, 0.3) is 5.91 Å². The van der Waals surface area contributed by atoms with Crippen molar-refractivity contribution in [3.8, 4) is 0 Å². The summed E-state index contributed by atoms with van der Waals surface area (Å²) in [7, 11) is 1.70. The van der Waals surface area contributed by atoms with Gasteiger partial charge < -0.3 is 16.0 Å². The number of nitrogens with zero attached hydrogens (tertiary/aromatic N) is 1. The van der Waals surface area contributed by atoms with E-state index in [2.05, 4.69) is 36.9 Å². The molecule has 0 aliphatic heterocycles. The molecule has 0 fully saturated rings. The maximum Gasteiger partial charge on any atom is 0.255 e. The van der Waals surface area contributed by atoms with E-state index in [0.29, 0.717) is 11.4 Å². The van der Waals surface area contributed by atoms with Gasteiger partial charge in [-0.3, -0.25) is 9.59 Å². The maximum atomic E-state index is 12.1. The summed E-state index contributed by atoms with van der Waals surface area (Å²) in [5, 5.41) is 8.44. The Balaban J connectivity index is 2.51. The van der Waals surface area contributed by atoms with E-state index >= 15 is 0 Å². The normalized spacial score (nSPS) is 11.6. The summed E-state index contributed by atoms with van der Waals surface area (Å²) in [5.74, 6) is 0.176. The molecule has 1 aromatic rings. The predicted molar refractivity (Wildman–Crippen MR) is 86.3 cm³/mol. The Morgan fingerprint density at radius 3 is 2.76 bits per heavy atom. The zero-order valence-corrected chi connectivity index (χ0v) is 14.1. The van der Waals surface area contributed by atoms with Gasteiger partial charge in [-0.2, -0.15) is 0 Å². The fraction of sp³-hybridized carbons (Fsp3) is 0.500. The van der Waals surface area contributed by atoms with Gasteiger partial charge in [-0.15, -0.1) is 0 Å². The number of hydrogen-bond donors (Lipinski definition) is 3. The Labute approximate surface area is 133 Å². The number of carbonyl (C=O) groups excluding carboxylic acids is 2. The minimum Gasteiger partial charge on any atom is -0.372 e. The molecule has 3 N–H and O–H groups in total. The number of hydrogen-bond acceptors (Lipinski definition) is 4. The Bertz CT molecular complexity index is 508. The molecule has 0 aromatic carbocycles. The van der Waals surface area contributed by atoms with E-state index in [1.807, 2.05) is 13.8 Å². The van der Waals surface area contributed by atoms with Crippen molar-refractivity contribution in [2.24, 2.45) is 0 Å². The molecule has 1 heterocycles. The van der Waals surface area contributed by atoms with Gasteiger partial charge >= 0.3 is 0 Å². The fourth-order valence-electron chi connectivity index (χ4n) is 1.65. The smallest absolute Gasteiger partial charge is 0.255 e. The first-order chi connectivity index (χ1) is 9.97. The number of aromatic nitrogens is 1. The molecule has 1 unspecified atom stereocenters. The van der Waals surface area contributed by atoms with Crippen LogP contribution in [-0.4, -0.2) is 36.4 Å². The van der Waals surface area contributed by atoms with Crippen molar-refractivity contribution >= 4 is 33.6 Å². The molecule has 0 saturated heterocycles. The van der Waals surface area contributed by atoms with Gasteiger partial charge in [0.1, 0.15) is 5.82 Å². The molecule has 7 heteroatoms. The molecule has 0 spiro atoms. The lowest BCUT2D eigenvalue weighted by atomic mass is 10.2. The van der Waals surface area contributed by atoms with E-state index in [4.69, 9.17) is 0 Å². The third kappa shape index (κ3) is 5.71. The van der Waals surface area contributed by atoms with E-state index in [1.165, 1.54) is 0 Å². The second-order valence-electron chi connectivity index (χ2n) is 4.68. The Hall–Kier alpha value is -1.63. The molecular weight excluding hydrogens is 336 g/mol. The minimum atomic E-state index is -0.260. The summed E-state index contributed by atoms with van der Waals surface area (Å²) in [6, 6.07) is 1.84. The van der Waals surface area contributed by atoms with Crippen molar-refractivity contribution in [1.29, 1.82) is 0 Å². The van der Waals surface area contributed by atoms with E-state index in [0.717, 1.165) is 10.9 Å². The van der Waals surface area contributed by atoms with E-state index in [1.54, 1.807) is 19.3 Å². The van der Waals surface area contributed by atoms with E-state index in [-0.39, 0.29) is 30.8 Å². The van der Waals surface area contributed by atoms with Crippen LogP contribution in [0.5, 0.6) is 0 Å². The van der Waals surface area contributed by atoms with Crippen LogP contribution in [0.25, 0.3) is 0 Å². The number of amides is 2. The van der Waals surface area contributed by atoms with Crippen LogP contribution in [0.4, 0.5) is 5.82 Å². The van der Waals surface area contributed by atoms with Crippen molar-refractivity contribution in [3.63, 3.8) is 0 Å². The second kappa shape index (κ2) is 8.61. The minimum absolute atomic E-state index is 0.0640. The first-order valence-electron chi connectivity index (χ1n) is 6.88. The summed E-state index contributed by atoms with van der Waals surface area (Å²) in [5.41, 5.74) is 0.439. The molecule has 0 aliphatic rings. The molecular formula is C14H21BrN4O2. The van der Waals surface area contributed by atoms with Crippen LogP contribution >= 0.6 is 15.9 Å². The van der Waals surface area contributed by atoms with Crippen molar-refractivity contribution < 1.29 is 9.59 Å². The Kier molecular flexibility index (Phi) is 7.14. The topological polar surface area (TPSA) is 83.1 Å². The number of nitrogens with one attached hydrogen (secondary N) is 3. The van der Waals surface area contributed by atoms with Gasteiger partial charge in [0.2, 0.25) is 5.91 Å². The lowest BCUT2D eigenvalue weighted by Gasteiger charge is -2.12. The van der Waals surface area contributed by atoms with Gasteiger partial charge in [-0.05, 0) is 35.3 Å². The zero-order chi connectivity index (χ0) is 15.8. The van der Waals surface area contributed by atoms with Gasteiger partial charge in [0, 0.05) is 36.7 Å². The molecule has 0 saturated carbocycles. The van der Waals surface area contributed by atoms with Crippen LogP contribution in [0.3, 0.4) is 0 Å². The zero-order valence-electron chi connectivity index (χ0n) is 12.5. The van der Waals surface area contributed by atoms with Gasteiger partial charge in [-0.1, -0.05) is 6.92 Å². The monoisotopic (exact) mass is 356 g/mol. The van der Waals surface area contributed by atoms with Gasteiger partial charge in [0.05, 0.1) is 5.56 Å². The number of anilines is 1. The predicted octanol–water partition coefficient (Wildman–Crippen LogP) is 1.92. The fourth-order valence-corrected chi connectivity index (χ4v) is 1.98. The highest BCUT2D eigenvalue weighted by molar-refractivity contribution is 9.10. The third-order valence-electron chi connectivity index (χ3n) is 2.99. The number of pyridine rings is 1. The molecule has 21 heavy (non-hydrogen) atoms. The standard InChI is InChI=1S/C14H21BrN4O2/c1-4-9(2)19-12(20)5-6-17-14(21)11-7-10(15)8-18-13(11)16-3/h7-9H,4-6H2,1-3H3,(H,16,18)(H,17,21)(H,19,20). The van der Waals surface area contributed by atoms with Crippen LogP contribution in [0, 0.1) is 0 Å². The lowest BCUT2D eigenvalue weighted by Crippen LogP contribution is -2.35. The summed E-state index contributed by atoms with van der Waals surface area (Å²) in [6.45, 7) is 4.24. The van der Waals surface area contributed by atoms with Gasteiger partial charge in [0.15, 0.2) is 0 Å². The van der Waals surface area contributed by atoms with Crippen LogP contribution < -0.4 is 16.0 Å². The molecule has 6 nitrogen and oxygen atoms in total. The summed E-state index contributed by atoms with van der Waals surface area (Å²) >= 11 is 3.29. The largest absolute Gasteiger partial charge is 0.372 e. The SMILES string of the molecule is CCC(C)NC(=O)CCNC(=O)c1cc(Br)cnc1NC. The summed E-state index contributed by atoms with van der Waals surface area (Å²) < 4.78 is 0.723. The molecule has 0 bridgehead atoms. The highest BCUT2D eigenvalue weighted by Gasteiger charge is 2.13. The van der Waals surface area contributed by atoms with Crippen molar-refractivity contribution in [3.05, 3.63) is 22.3 Å². The van der Waals surface area contributed by atoms with Crippen molar-refractivity contribution in [2.45, 2.75) is 32.7 Å². The Morgan fingerprint density at radius 1 is 1.43 bits per heavy atom. The first-order valence-corrected chi connectivity index (χ1v) is 7.68.